The summed E-state index contributed by atoms with van der Waals surface area (Å²) in [5.41, 5.74) is -0.685. The standard InChI is InChI=1S/C12H26N2O2/c1-10(2)8-12(3,16)9-13-7-6-11(15)14(4)5/h10,13,16H,6-9H2,1-5H3. The van der Waals surface area contributed by atoms with Crippen LogP contribution in [0.2, 0.25) is 0 Å². The first-order valence-corrected chi connectivity index (χ1v) is 5.88. The molecule has 1 unspecified atom stereocenters. The minimum atomic E-state index is -0.685. The maximum atomic E-state index is 11.3. The van der Waals surface area contributed by atoms with Crippen molar-refractivity contribution in [3.05, 3.63) is 0 Å². The lowest BCUT2D eigenvalue weighted by molar-refractivity contribution is -0.128. The van der Waals surface area contributed by atoms with Crippen LogP contribution in [0.4, 0.5) is 0 Å². The summed E-state index contributed by atoms with van der Waals surface area (Å²) in [5, 5.41) is 13.1. The molecule has 1 amide bonds. The molecular weight excluding hydrogens is 204 g/mol. The Balaban J connectivity index is 3.69. The Hall–Kier alpha value is -0.610. The third kappa shape index (κ3) is 7.65. The molecular formula is C12H26N2O2. The highest BCUT2D eigenvalue weighted by atomic mass is 16.3. The highest BCUT2D eigenvalue weighted by Crippen LogP contribution is 2.14. The van der Waals surface area contributed by atoms with E-state index in [0.29, 0.717) is 25.4 Å². The summed E-state index contributed by atoms with van der Waals surface area (Å²) in [6.07, 6.45) is 1.24. The van der Waals surface area contributed by atoms with E-state index in [4.69, 9.17) is 0 Å². The lowest BCUT2D eigenvalue weighted by Crippen LogP contribution is -2.40. The predicted octanol–water partition coefficient (Wildman–Crippen LogP) is 0.851. The van der Waals surface area contributed by atoms with Gasteiger partial charge in [0.2, 0.25) is 5.91 Å². The lowest BCUT2D eigenvalue weighted by Gasteiger charge is -2.25. The normalized spacial score (nSPS) is 14.9. The molecule has 0 aliphatic carbocycles. The van der Waals surface area contributed by atoms with E-state index in [1.807, 2.05) is 6.92 Å². The molecule has 0 spiro atoms. The molecule has 0 bridgehead atoms. The van der Waals surface area contributed by atoms with Crippen molar-refractivity contribution in [2.45, 2.75) is 39.2 Å². The van der Waals surface area contributed by atoms with E-state index >= 15 is 0 Å². The van der Waals surface area contributed by atoms with E-state index < -0.39 is 5.60 Å². The first-order valence-electron chi connectivity index (χ1n) is 5.88. The zero-order valence-corrected chi connectivity index (χ0v) is 11.2. The zero-order chi connectivity index (χ0) is 12.8. The van der Waals surface area contributed by atoms with Crippen LogP contribution in [-0.4, -0.2) is 48.7 Å². The van der Waals surface area contributed by atoms with Gasteiger partial charge in [0.05, 0.1) is 5.60 Å². The van der Waals surface area contributed by atoms with Gasteiger partial charge >= 0.3 is 0 Å². The van der Waals surface area contributed by atoms with Crippen LogP contribution >= 0.6 is 0 Å². The summed E-state index contributed by atoms with van der Waals surface area (Å²) in [5.74, 6) is 0.580. The van der Waals surface area contributed by atoms with Gasteiger partial charge in [-0.1, -0.05) is 13.8 Å². The quantitative estimate of drug-likeness (QED) is 0.638. The predicted molar refractivity (Wildman–Crippen MR) is 66.3 cm³/mol. The lowest BCUT2D eigenvalue weighted by atomic mass is 9.94. The number of rotatable bonds is 7. The van der Waals surface area contributed by atoms with E-state index in [1.54, 1.807) is 19.0 Å². The van der Waals surface area contributed by atoms with Crippen LogP contribution in [0.5, 0.6) is 0 Å². The molecule has 0 saturated carbocycles. The molecule has 0 radical (unpaired) electrons. The Morgan fingerprint density at radius 3 is 2.44 bits per heavy atom. The van der Waals surface area contributed by atoms with Crippen LogP contribution in [0.25, 0.3) is 0 Å². The van der Waals surface area contributed by atoms with Gasteiger partial charge in [0.15, 0.2) is 0 Å². The summed E-state index contributed by atoms with van der Waals surface area (Å²) >= 11 is 0. The van der Waals surface area contributed by atoms with Gasteiger partial charge in [-0.3, -0.25) is 4.79 Å². The van der Waals surface area contributed by atoms with Gasteiger partial charge in [-0.25, -0.2) is 0 Å². The smallest absolute Gasteiger partial charge is 0.223 e. The summed E-state index contributed by atoms with van der Waals surface area (Å²) < 4.78 is 0. The first-order chi connectivity index (χ1) is 7.24. The Labute approximate surface area is 99.0 Å². The molecule has 0 aromatic heterocycles. The molecule has 2 N–H and O–H groups in total. The highest BCUT2D eigenvalue weighted by molar-refractivity contribution is 5.75. The second kappa shape index (κ2) is 6.86. The van der Waals surface area contributed by atoms with Gasteiger partial charge in [0, 0.05) is 33.6 Å². The average molecular weight is 230 g/mol. The van der Waals surface area contributed by atoms with Crippen molar-refractivity contribution < 1.29 is 9.90 Å². The molecule has 0 aromatic carbocycles. The summed E-state index contributed by atoms with van der Waals surface area (Å²) in [6.45, 7) is 7.15. The number of aliphatic hydroxyl groups is 1. The number of nitrogens with one attached hydrogen (secondary N) is 1. The first kappa shape index (κ1) is 15.4. The van der Waals surface area contributed by atoms with E-state index in [1.165, 1.54) is 0 Å². The van der Waals surface area contributed by atoms with Crippen LogP contribution in [0.15, 0.2) is 0 Å². The maximum absolute atomic E-state index is 11.3. The Morgan fingerprint density at radius 1 is 1.44 bits per heavy atom. The Kier molecular flexibility index (Phi) is 6.60. The minimum Gasteiger partial charge on any atom is -0.389 e. The summed E-state index contributed by atoms with van der Waals surface area (Å²) in [4.78, 5) is 12.8. The molecule has 4 nitrogen and oxygen atoms in total. The maximum Gasteiger partial charge on any atom is 0.223 e. The molecule has 1 atom stereocenters. The number of carbonyl (C=O) groups is 1. The number of hydrogen-bond acceptors (Lipinski definition) is 3. The number of amides is 1. The largest absolute Gasteiger partial charge is 0.389 e. The zero-order valence-electron chi connectivity index (χ0n) is 11.2. The van der Waals surface area contributed by atoms with Gasteiger partial charge in [-0.2, -0.15) is 0 Å². The van der Waals surface area contributed by atoms with Crippen LogP contribution in [-0.2, 0) is 4.79 Å². The topological polar surface area (TPSA) is 52.6 Å². The van der Waals surface area contributed by atoms with Crippen LogP contribution in [0.3, 0.4) is 0 Å². The molecule has 0 fully saturated rings. The number of nitrogens with zero attached hydrogens (tertiary/aromatic N) is 1. The Morgan fingerprint density at radius 2 is 2.00 bits per heavy atom. The summed E-state index contributed by atoms with van der Waals surface area (Å²) in [6, 6.07) is 0. The van der Waals surface area contributed by atoms with Crippen molar-refractivity contribution in [2.75, 3.05) is 27.2 Å². The van der Waals surface area contributed by atoms with Crippen LogP contribution in [0.1, 0.15) is 33.6 Å². The fourth-order valence-corrected chi connectivity index (χ4v) is 1.73. The Bertz CT molecular complexity index is 213. The van der Waals surface area contributed by atoms with Crippen molar-refractivity contribution in [3.8, 4) is 0 Å². The van der Waals surface area contributed by atoms with Gasteiger partial charge in [0.25, 0.3) is 0 Å². The molecule has 0 aliphatic heterocycles. The van der Waals surface area contributed by atoms with E-state index in [9.17, 15) is 9.90 Å². The molecule has 0 saturated heterocycles. The van der Waals surface area contributed by atoms with E-state index in [-0.39, 0.29) is 5.91 Å². The molecule has 0 heterocycles. The van der Waals surface area contributed by atoms with Crippen molar-refractivity contribution >= 4 is 5.91 Å². The van der Waals surface area contributed by atoms with Gasteiger partial charge in [0.1, 0.15) is 0 Å². The summed E-state index contributed by atoms with van der Waals surface area (Å²) in [7, 11) is 3.49. The van der Waals surface area contributed by atoms with Crippen molar-refractivity contribution in [1.82, 2.24) is 10.2 Å². The van der Waals surface area contributed by atoms with Crippen molar-refractivity contribution in [3.63, 3.8) is 0 Å². The molecule has 4 heteroatoms. The van der Waals surface area contributed by atoms with Crippen molar-refractivity contribution in [2.24, 2.45) is 5.92 Å². The second-order valence-electron chi connectivity index (χ2n) is 5.31. The fraction of sp³-hybridized carbons (Fsp3) is 0.917. The number of hydrogen-bond donors (Lipinski definition) is 2. The average Bonchev–Trinajstić information content (AvgIpc) is 2.09. The van der Waals surface area contributed by atoms with Gasteiger partial charge in [-0.05, 0) is 19.3 Å². The SMILES string of the molecule is CC(C)CC(C)(O)CNCCC(=O)N(C)C. The van der Waals surface area contributed by atoms with Crippen molar-refractivity contribution in [1.29, 1.82) is 0 Å². The molecule has 0 rings (SSSR count). The van der Waals surface area contributed by atoms with Gasteiger partial charge < -0.3 is 15.3 Å². The van der Waals surface area contributed by atoms with Crippen LogP contribution in [0, 0.1) is 5.92 Å². The monoisotopic (exact) mass is 230 g/mol. The highest BCUT2D eigenvalue weighted by Gasteiger charge is 2.21. The third-order valence-electron chi connectivity index (χ3n) is 2.37. The van der Waals surface area contributed by atoms with E-state index in [0.717, 1.165) is 6.42 Å². The molecule has 0 aromatic rings. The minimum absolute atomic E-state index is 0.107. The van der Waals surface area contributed by atoms with E-state index in [2.05, 4.69) is 19.2 Å². The second-order valence-corrected chi connectivity index (χ2v) is 5.31. The molecule has 96 valence electrons. The molecule has 0 aliphatic rings. The fourth-order valence-electron chi connectivity index (χ4n) is 1.73. The van der Waals surface area contributed by atoms with Gasteiger partial charge in [-0.15, -0.1) is 0 Å². The third-order valence-corrected chi connectivity index (χ3v) is 2.37. The molecule has 16 heavy (non-hydrogen) atoms. The van der Waals surface area contributed by atoms with Crippen LogP contribution < -0.4 is 5.32 Å². The number of carbonyl (C=O) groups excluding carboxylic acids is 1.